The summed E-state index contributed by atoms with van der Waals surface area (Å²) >= 11 is 1.51. The fourth-order valence-corrected chi connectivity index (χ4v) is 5.45. The van der Waals surface area contributed by atoms with E-state index in [0.29, 0.717) is 37.1 Å². The Kier molecular flexibility index (Phi) is 10.0. The van der Waals surface area contributed by atoms with Gasteiger partial charge in [0.1, 0.15) is 17.2 Å². The number of hydrogen-bond donors (Lipinski definition) is 1. The number of rotatable bonds is 12. The van der Waals surface area contributed by atoms with Gasteiger partial charge in [0.2, 0.25) is 0 Å². The lowest BCUT2D eigenvalue weighted by Crippen LogP contribution is -2.23. The predicted octanol–water partition coefficient (Wildman–Crippen LogP) is 9.12. The van der Waals surface area contributed by atoms with Gasteiger partial charge in [-0.15, -0.1) is 0 Å². The van der Waals surface area contributed by atoms with Crippen molar-refractivity contribution in [3.8, 4) is 17.2 Å². The monoisotopic (exact) mass is 608 g/mol. The van der Waals surface area contributed by atoms with Gasteiger partial charge in [-0.25, -0.2) is 0 Å². The Bertz CT molecular complexity index is 1470. The molecular weight excluding hydrogens is 573 g/mol. The van der Waals surface area contributed by atoms with Crippen LogP contribution in [0.3, 0.4) is 0 Å². The van der Waals surface area contributed by atoms with E-state index in [4.69, 9.17) is 14.2 Å². The highest BCUT2D eigenvalue weighted by molar-refractivity contribution is 7.99. The number of halogens is 3. The Labute approximate surface area is 255 Å². The molecule has 226 valence electrons. The average molecular weight is 609 g/mol. The quantitative estimate of drug-likeness (QED) is 0.162. The maximum atomic E-state index is 13.1. The molecule has 5 rings (SSSR count). The zero-order chi connectivity index (χ0) is 30.2. The maximum absolute atomic E-state index is 13.1. The van der Waals surface area contributed by atoms with E-state index in [9.17, 15) is 13.2 Å². The first-order valence-corrected chi connectivity index (χ1v) is 15.4. The van der Waals surface area contributed by atoms with E-state index in [0.717, 1.165) is 65.6 Å². The standard InChI is InChI=1S/C34H35F3N2O3S/c1-24-32(38-43-2)7-4-8-33(24)39(20-25-9-13-28(14-10-25)34(35,36)37)21-26-11-15-29(16-12-26)42-31-6-3-5-30(19-31)41-23-27-17-18-40-22-27/h3-16,19,27,38H,17-18,20-23H2,1-2H3. The van der Waals surface area contributed by atoms with Crippen LogP contribution in [0.2, 0.25) is 0 Å². The minimum atomic E-state index is -4.37. The summed E-state index contributed by atoms with van der Waals surface area (Å²) in [6.07, 6.45) is -1.38. The molecular formula is C34H35F3N2O3S. The summed E-state index contributed by atoms with van der Waals surface area (Å²) in [6, 6.07) is 26.9. The van der Waals surface area contributed by atoms with E-state index in [1.54, 1.807) is 12.1 Å². The second-order valence-corrected chi connectivity index (χ2v) is 11.2. The molecule has 1 aliphatic heterocycles. The summed E-state index contributed by atoms with van der Waals surface area (Å²) in [4.78, 5) is 2.18. The van der Waals surface area contributed by atoms with Gasteiger partial charge in [0.25, 0.3) is 0 Å². The molecule has 4 aromatic rings. The number of hydrogen-bond acceptors (Lipinski definition) is 6. The third-order valence-electron chi connectivity index (χ3n) is 7.36. The molecule has 0 radical (unpaired) electrons. The third-order valence-corrected chi connectivity index (χ3v) is 7.78. The fourth-order valence-electron chi connectivity index (χ4n) is 5.01. The van der Waals surface area contributed by atoms with Crippen molar-refractivity contribution < 1.29 is 27.4 Å². The Balaban J connectivity index is 1.30. The first-order valence-electron chi connectivity index (χ1n) is 14.2. The summed E-state index contributed by atoms with van der Waals surface area (Å²) in [7, 11) is 0. The summed E-state index contributed by atoms with van der Waals surface area (Å²) in [6.45, 7) is 5.20. The van der Waals surface area contributed by atoms with Crippen molar-refractivity contribution in [2.75, 3.05) is 35.7 Å². The van der Waals surface area contributed by atoms with E-state index in [2.05, 4.69) is 9.62 Å². The lowest BCUT2D eigenvalue weighted by atomic mass is 10.1. The number of benzene rings is 4. The molecule has 43 heavy (non-hydrogen) atoms. The van der Waals surface area contributed by atoms with Crippen molar-refractivity contribution >= 4 is 23.3 Å². The van der Waals surface area contributed by atoms with Crippen LogP contribution >= 0.6 is 11.9 Å². The molecule has 1 heterocycles. The summed E-state index contributed by atoms with van der Waals surface area (Å²) in [5.74, 6) is 2.56. The predicted molar refractivity (Wildman–Crippen MR) is 167 cm³/mol. The van der Waals surface area contributed by atoms with Crippen molar-refractivity contribution in [1.82, 2.24) is 0 Å². The zero-order valence-corrected chi connectivity index (χ0v) is 25.0. The van der Waals surface area contributed by atoms with Crippen LogP contribution in [-0.2, 0) is 24.0 Å². The molecule has 9 heteroatoms. The maximum Gasteiger partial charge on any atom is 0.416 e. The molecule has 1 unspecified atom stereocenters. The van der Waals surface area contributed by atoms with Crippen LogP contribution in [0.5, 0.6) is 17.2 Å². The van der Waals surface area contributed by atoms with Gasteiger partial charge in [0, 0.05) is 49.3 Å². The minimum Gasteiger partial charge on any atom is -0.493 e. The largest absolute Gasteiger partial charge is 0.493 e. The number of ether oxygens (including phenoxy) is 3. The number of alkyl halides is 3. The van der Waals surface area contributed by atoms with Gasteiger partial charge in [-0.3, -0.25) is 0 Å². The summed E-state index contributed by atoms with van der Waals surface area (Å²) < 4.78 is 60.2. The van der Waals surface area contributed by atoms with Gasteiger partial charge >= 0.3 is 6.18 Å². The smallest absolute Gasteiger partial charge is 0.416 e. The lowest BCUT2D eigenvalue weighted by molar-refractivity contribution is -0.137. The van der Waals surface area contributed by atoms with E-state index in [-0.39, 0.29) is 0 Å². The van der Waals surface area contributed by atoms with E-state index in [1.807, 2.05) is 79.9 Å². The molecule has 1 saturated heterocycles. The Hall–Kier alpha value is -3.82. The molecule has 1 fully saturated rings. The fraction of sp³-hybridized carbons (Fsp3) is 0.294. The number of nitrogens with zero attached hydrogens (tertiary/aromatic N) is 1. The highest BCUT2D eigenvalue weighted by atomic mass is 32.2. The first-order chi connectivity index (χ1) is 20.8. The molecule has 5 nitrogen and oxygen atoms in total. The average Bonchev–Trinajstić information content (AvgIpc) is 3.52. The molecule has 0 saturated carbocycles. The van der Waals surface area contributed by atoms with Gasteiger partial charge in [0.05, 0.1) is 18.8 Å². The first kappa shape index (κ1) is 30.6. The van der Waals surface area contributed by atoms with E-state index in [1.165, 1.54) is 11.9 Å². The Morgan fingerprint density at radius 3 is 2.21 bits per heavy atom. The second-order valence-electron chi connectivity index (χ2n) is 10.6. The third kappa shape index (κ3) is 8.39. The van der Waals surface area contributed by atoms with Crippen LogP contribution in [0.25, 0.3) is 0 Å². The van der Waals surface area contributed by atoms with Crippen molar-refractivity contribution in [2.45, 2.75) is 32.6 Å². The molecule has 4 aromatic carbocycles. The molecule has 1 aliphatic rings. The molecule has 0 aliphatic carbocycles. The molecule has 1 atom stereocenters. The highest BCUT2D eigenvalue weighted by Crippen LogP contribution is 2.33. The Morgan fingerprint density at radius 2 is 1.56 bits per heavy atom. The topological polar surface area (TPSA) is 43.0 Å². The number of anilines is 2. The summed E-state index contributed by atoms with van der Waals surface area (Å²) in [5.41, 5.74) is 4.23. The highest BCUT2D eigenvalue weighted by Gasteiger charge is 2.30. The van der Waals surface area contributed by atoms with Crippen LogP contribution in [0.4, 0.5) is 24.5 Å². The van der Waals surface area contributed by atoms with Crippen LogP contribution in [-0.4, -0.2) is 26.1 Å². The molecule has 0 spiro atoms. The molecule has 0 amide bonds. The molecule has 1 N–H and O–H groups in total. The summed E-state index contributed by atoms with van der Waals surface area (Å²) in [5, 5.41) is 0. The van der Waals surface area contributed by atoms with E-state index < -0.39 is 11.7 Å². The van der Waals surface area contributed by atoms with Gasteiger partial charge in [-0.05, 0) is 78.6 Å². The Morgan fingerprint density at radius 1 is 0.884 bits per heavy atom. The normalized spacial score (nSPS) is 14.9. The van der Waals surface area contributed by atoms with Crippen LogP contribution in [0, 0.1) is 12.8 Å². The minimum absolute atomic E-state index is 0.420. The number of nitrogens with one attached hydrogen (secondary N) is 1. The van der Waals surface area contributed by atoms with Crippen molar-refractivity contribution in [1.29, 1.82) is 0 Å². The SMILES string of the molecule is CSNc1cccc(N(Cc2ccc(Oc3cccc(OCC4CCOC4)c3)cc2)Cc2ccc(C(F)(F)F)cc2)c1C. The van der Waals surface area contributed by atoms with Gasteiger partial charge in [-0.2, -0.15) is 13.2 Å². The van der Waals surface area contributed by atoms with Crippen LogP contribution in [0.1, 0.15) is 28.7 Å². The zero-order valence-electron chi connectivity index (χ0n) is 24.2. The molecule has 0 bridgehead atoms. The van der Waals surface area contributed by atoms with Crippen LogP contribution < -0.4 is 19.1 Å². The van der Waals surface area contributed by atoms with Crippen molar-refractivity contribution in [3.05, 3.63) is 113 Å². The van der Waals surface area contributed by atoms with Gasteiger partial charge in [0.15, 0.2) is 0 Å². The second kappa shape index (κ2) is 14.1. The van der Waals surface area contributed by atoms with Crippen molar-refractivity contribution in [3.63, 3.8) is 0 Å². The van der Waals surface area contributed by atoms with Gasteiger partial charge in [-0.1, -0.05) is 48.3 Å². The van der Waals surface area contributed by atoms with Gasteiger partial charge < -0.3 is 23.8 Å². The molecule has 0 aromatic heterocycles. The van der Waals surface area contributed by atoms with Crippen LogP contribution in [0.15, 0.2) is 91.0 Å². The van der Waals surface area contributed by atoms with Crippen molar-refractivity contribution in [2.24, 2.45) is 5.92 Å². The van der Waals surface area contributed by atoms with E-state index >= 15 is 0 Å². The lowest BCUT2D eigenvalue weighted by Gasteiger charge is -2.28.